The van der Waals surface area contributed by atoms with Gasteiger partial charge >= 0.3 is 0 Å². The SMILES string of the molecule is N#CC1(NC(=O)C2NCCC2=S(=O)=O)CC1. The Morgan fingerprint density at radius 2 is 2.25 bits per heavy atom. The molecule has 0 bridgehead atoms. The van der Waals surface area contributed by atoms with Gasteiger partial charge in [-0.2, -0.15) is 13.7 Å². The fourth-order valence-corrected chi connectivity index (χ4v) is 2.37. The first-order chi connectivity index (χ1) is 7.58. The highest BCUT2D eigenvalue weighted by molar-refractivity contribution is 7.73. The molecular weight excluding hydrogens is 230 g/mol. The fraction of sp³-hybridized carbons (Fsp3) is 0.667. The molecule has 0 aromatic rings. The molecule has 2 aliphatic rings. The lowest BCUT2D eigenvalue weighted by atomic mass is 10.2. The van der Waals surface area contributed by atoms with E-state index in [-0.39, 0.29) is 4.86 Å². The van der Waals surface area contributed by atoms with Crippen molar-refractivity contribution in [2.75, 3.05) is 6.54 Å². The van der Waals surface area contributed by atoms with Crippen LogP contribution in [0.15, 0.2) is 0 Å². The smallest absolute Gasteiger partial charge is 0.243 e. The van der Waals surface area contributed by atoms with Gasteiger partial charge in [0, 0.05) is 6.54 Å². The first-order valence-corrected chi connectivity index (χ1v) is 6.07. The summed E-state index contributed by atoms with van der Waals surface area (Å²) in [6.45, 7) is 0.473. The molecule has 6 nitrogen and oxygen atoms in total. The molecular formula is C9H11N3O3S. The average Bonchev–Trinajstić information content (AvgIpc) is 2.83. The van der Waals surface area contributed by atoms with Gasteiger partial charge in [-0.25, -0.2) is 0 Å². The van der Waals surface area contributed by atoms with Gasteiger partial charge in [0.05, 0.1) is 10.9 Å². The zero-order valence-electron chi connectivity index (χ0n) is 8.49. The van der Waals surface area contributed by atoms with E-state index < -0.39 is 27.8 Å². The molecule has 2 rings (SSSR count). The van der Waals surface area contributed by atoms with E-state index in [1.54, 1.807) is 0 Å². The number of amides is 1. The first-order valence-electron chi connectivity index (χ1n) is 5.00. The van der Waals surface area contributed by atoms with Crippen molar-refractivity contribution >= 4 is 21.1 Å². The summed E-state index contributed by atoms with van der Waals surface area (Å²) in [7, 11) is -2.34. The van der Waals surface area contributed by atoms with Gasteiger partial charge in [0.25, 0.3) is 0 Å². The van der Waals surface area contributed by atoms with E-state index in [2.05, 4.69) is 10.6 Å². The predicted octanol–water partition coefficient (Wildman–Crippen LogP) is -1.43. The second kappa shape index (κ2) is 3.88. The van der Waals surface area contributed by atoms with Gasteiger partial charge in [0.15, 0.2) is 0 Å². The van der Waals surface area contributed by atoms with Crippen LogP contribution < -0.4 is 10.6 Å². The van der Waals surface area contributed by atoms with Crippen LogP contribution in [-0.4, -0.2) is 37.3 Å². The fourth-order valence-electron chi connectivity index (χ4n) is 1.71. The molecule has 2 N–H and O–H groups in total. The molecule has 1 aliphatic heterocycles. The molecule has 0 aromatic heterocycles. The zero-order valence-corrected chi connectivity index (χ0v) is 9.30. The lowest BCUT2D eigenvalue weighted by Crippen LogP contribution is -2.48. The predicted molar refractivity (Wildman–Crippen MR) is 56.1 cm³/mol. The Hall–Kier alpha value is -1.39. The molecule has 0 aromatic carbocycles. The number of nitrogens with zero attached hydrogens (tertiary/aromatic N) is 1. The number of rotatable bonds is 2. The highest BCUT2D eigenvalue weighted by Crippen LogP contribution is 2.34. The van der Waals surface area contributed by atoms with Crippen molar-refractivity contribution in [1.29, 1.82) is 5.26 Å². The number of carbonyl (C=O) groups is 1. The van der Waals surface area contributed by atoms with Crippen LogP contribution in [0.25, 0.3) is 0 Å². The van der Waals surface area contributed by atoms with Crippen LogP contribution in [0.2, 0.25) is 0 Å². The van der Waals surface area contributed by atoms with Crippen molar-refractivity contribution in [1.82, 2.24) is 10.6 Å². The van der Waals surface area contributed by atoms with E-state index in [9.17, 15) is 13.2 Å². The van der Waals surface area contributed by atoms with Gasteiger partial charge in [-0.05, 0) is 19.3 Å². The topological polar surface area (TPSA) is 99.1 Å². The third-order valence-corrected chi connectivity index (χ3v) is 3.71. The summed E-state index contributed by atoms with van der Waals surface area (Å²) in [4.78, 5) is 11.9. The van der Waals surface area contributed by atoms with Crippen LogP contribution in [-0.2, 0) is 15.1 Å². The first kappa shape index (κ1) is 11.1. The molecule has 7 heteroatoms. The summed E-state index contributed by atoms with van der Waals surface area (Å²) in [6, 6.07) is 1.23. The van der Waals surface area contributed by atoms with Crippen molar-refractivity contribution < 1.29 is 13.2 Å². The number of hydrogen-bond acceptors (Lipinski definition) is 5. The summed E-state index contributed by atoms with van der Waals surface area (Å²) in [5, 5.41) is 14.2. The van der Waals surface area contributed by atoms with Crippen LogP contribution in [0, 0.1) is 11.3 Å². The molecule has 2 fully saturated rings. The summed E-state index contributed by atoms with van der Waals surface area (Å²) < 4.78 is 21.7. The molecule has 0 radical (unpaired) electrons. The zero-order chi connectivity index (χ0) is 11.8. The van der Waals surface area contributed by atoms with E-state index in [1.165, 1.54) is 0 Å². The standard InChI is InChI=1S/C9H11N3O3S/c10-5-9(2-3-9)12-8(13)7-6(16(14)15)1-4-11-7/h7,11H,1-4H2,(H,12,13). The minimum Gasteiger partial charge on any atom is -0.336 e. The van der Waals surface area contributed by atoms with Gasteiger partial charge in [-0.1, -0.05) is 0 Å². The lowest BCUT2D eigenvalue weighted by molar-refractivity contribution is -0.121. The van der Waals surface area contributed by atoms with Gasteiger partial charge in [0.1, 0.15) is 11.6 Å². The average molecular weight is 241 g/mol. The Morgan fingerprint density at radius 1 is 1.56 bits per heavy atom. The minimum absolute atomic E-state index is 0.172. The van der Waals surface area contributed by atoms with Gasteiger partial charge in [-0.15, -0.1) is 0 Å². The summed E-state index contributed by atoms with van der Waals surface area (Å²) in [6.07, 6.45) is 1.63. The van der Waals surface area contributed by atoms with Gasteiger partial charge in [0.2, 0.25) is 16.2 Å². The van der Waals surface area contributed by atoms with E-state index >= 15 is 0 Å². The van der Waals surface area contributed by atoms with Gasteiger partial charge in [-0.3, -0.25) is 4.79 Å². The number of hydrogen-bond donors (Lipinski definition) is 2. The Kier molecular flexibility index (Phi) is 2.69. The molecule has 1 amide bonds. The Labute approximate surface area is 94.2 Å². The molecule has 1 saturated heterocycles. The lowest BCUT2D eigenvalue weighted by Gasteiger charge is -2.13. The summed E-state index contributed by atoms with van der Waals surface area (Å²) in [5.41, 5.74) is -0.753. The number of nitrogens with one attached hydrogen (secondary N) is 2. The van der Waals surface area contributed by atoms with Crippen LogP contribution in [0.1, 0.15) is 19.3 Å². The molecule has 0 spiro atoms. The normalized spacial score (nSPS) is 25.9. The highest BCUT2D eigenvalue weighted by atomic mass is 32.2. The summed E-state index contributed by atoms with van der Waals surface area (Å²) >= 11 is 0. The summed E-state index contributed by atoms with van der Waals surface area (Å²) in [5.74, 6) is -0.421. The maximum absolute atomic E-state index is 11.8. The molecule has 16 heavy (non-hydrogen) atoms. The molecule has 1 atom stereocenters. The van der Waals surface area contributed by atoms with E-state index in [4.69, 9.17) is 5.26 Å². The van der Waals surface area contributed by atoms with Crippen molar-refractivity contribution in [3.8, 4) is 6.07 Å². The van der Waals surface area contributed by atoms with E-state index in [0.717, 1.165) is 0 Å². The Morgan fingerprint density at radius 3 is 2.75 bits per heavy atom. The van der Waals surface area contributed by atoms with Crippen LogP contribution in [0.3, 0.4) is 0 Å². The van der Waals surface area contributed by atoms with Crippen molar-refractivity contribution in [3.63, 3.8) is 0 Å². The van der Waals surface area contributed by atoms with Crippen molar-refractivity contribution in [2.45, 2.75) is 30.8 Å². The largest absolute Gasteiger partial charge is 0.336 e. The quantitative estimate of drug-likeness (QED) is 0.578. The van der Waals surface area contributed by atoms with Crippen molar-refractivity contribution in [2.24, 2.45) is 0 Å². The molecule has 1 aliphatic carbocycles. The highest BCUT2D eigenvalue weighted by Gasteiger charge is 2.46. The van der Waals surface area contributed by atoms with Crippen LogP contribution in [0.4, 0.5) is 0 Å². The third-order valence-electron chi connectivity index (χ3n) is 2.84. The monoisotopic (exact) mass is 241 g/mol. The van der Waals surface area contributed by atoms with Gasteiger partial charge < -0.3 is 10.6 Å². The molecule has 1 heterocycles. The van der Waals surface area contributed by atoms with E-state index in [0.29, 0.717) is 25.8 Å². The van der Waals surface area contributed by atoms with Crippen molar-refractivity contribution in [3.05, 3.63) is 0 Å². The second-order valence-electron chi connectivity index (χ2n) is 4.02. The maximum atomic E-state index is 11.8. The molecule has 1 saturated carbocycles. The molecule has 1 unspecified atom stereocenters. The van der Waals surface area contributed by atoms with Crippen LogP contribution >= 0.6 is 0 Å². The number of carbonyl (C=O) groups excluding carboxylic acids is 1. The molecule has 86 valence electrons. The number of nitriles is 1. The maximum Gasteiger partial charge on any atom is 0.243 e. The Balaban J connectivity index is 2.12. The van der Waals surface area contributed by atoms with Crippen LogP contribution in [0.5, 0.6) is 0 Å². The second-order valence-corrected chi connectivity index (χ2v) is 5.02. The minimum atomic E-state index is -2.34. The van der Waals surface area contributed by atoms with E-state index in [1.807, 2.05) is 6.07 Å². The third kappa shape index (κ3) is 1.94. The Bertz CT molecular complexity index is 491.